The lowest BCUT2D eigenvalue weighted by Gasteiger charge is -2.25. The molecule has 0 aliphatic heterocycles. The fourth-order valence-corrected chi connectivity index (χ4v) is 2.16. The zero-order valence-electron chi connectivity index (χ0n) is 7.84. The summed E-state index contributed by atoms with van der Waals surface area (Å²) in [5.41, 5.74) is 6.75. The van der Waals surface area contributed by atoms with E-state index in [-0.39, 0.29) is 0 Å². The monoisotopic (exact) mass is 197 g/mol. The van der Waals surface area contributed by atoms with Crippen LogP contribution in [0.15, 0.2) is 0 Å². The van der Waals surface area contributed by atoms with Crippen molar-refractivity contribution in [1.29, 1.82) is 0 Å². The third kappa shape index (κ3) is 1.77. The summed E-state index contributed by atoms with van der Waals surface area (Å²) in [5.74, 6) is 1.55. The van der Waals surface area contributed by atoms with Gasteiger partial charge in [0.15, 0.2) is 0 Å². The van der Waals surface area contributed by atoms with Gasteiger partial charge in [-0.25, -0.2) is 0 Å². The van der Waals surface area contributed by atoms with Gasteiger partial charge < -0.3 is 11.1 Å². The summed E-state index contributed by atoms with van der Waals surface area (Å²) in [6.07, 6.45) is 4.15. The Morgan fingerprint density at radius 3 is 2.85 bits per heavy atom. The summed E-state index contributed by atoms with van der Waals surface area (Å²) in [6, 6.07) is 0. The summed E-state index contributed by atoms with van der Waals surface area (Å²) in [6.45, 7) is 3.10. The number of nitrogens with zero attached hydrogens (tertiary/aromatic N) is 1. The number of nitrogens with one attached hydrogen (secondary N) is 1. The molecule has 2 rings (SSSR count). The van der Waals surface area contributed by atoms with E-state index < -0.39 is 0 Å². The minimum Gasteiger partial charge on any atom is -0.383 e. The molecule has 1 aliphatic carbocycles. The quantitative estimate of drug-likeness (QED) is 0.781. The normalized spacial score (nSPS) is 17.0. The standard InChI is InChI=1S/C9H15N3S/c1-6-8(10)12-13-9(6)11-5-7-3-2-4-7/h7,11H,2-5H2,1H3,(H2,10,12). The van der Waals surface area contributed by atoms with Crippen molar-refractivity contribution in [3.63, 3.8) is 0 Å². The smallest absolute Gasteiger partial charge is 0.142 e. The second-order valence-corrected chi connectivity index (χ2v) is 4.47. The van der Waals surface area contributed by atoms with E-state index in [4.69, 9.17) is 5.73 Å². The molecule has 13 heavy (non-hydrogen) atoms. The largest absolute Gasteiger partial charge is 0.383 e. The molecule has 0 aromatic carbocycles. The van der Waals surface area contributed by atoms with E-state index in [9.17, 15) is 0 Å². The Morgan fingerprint density at radius 2 is 2.38 bits per heavy atom. The van der Waals surface area contributed by atoms with Gasteiger partial charge in [-0.1, -0.05) is 6.42 Å². The van der Waals surface area contributed by atoms with Crippen molar-refractivity contribution < 1.29 is 0 Å². The van der Waals surface area contributed by atoms with Gasteiger partial charge in [-0.2, -0.15) is 4.37 Å². The lowest BCUT2D eigenvalue weighted by Crippen LogP contribution is -2.20. The van der Waals surface area contributed by atoms with Gasteiger partial charge in [-0.3, -0.25) is 0 Å². The van der Waals surface area contributed by atoms with Crippen molar-refractivity contribution in [2.24, 2.45) is 5.92 Å². The van der Waals surface area contributed by atoms with Crippen LogP contribution in [0.4, 0.5) is 10.8 Å². The summed E-state index contributed by atoms with van der Waals surface area (Å²) in [4.78, 5) is 0. The van der Waals surface area contributed by atoms with Crippen molar-refractivity contribution in [1.82, 2.24) is 4.37 Å². The van der Waals surface area contributed by atoms with E-state index in [0.717, 1.165) is 23.0 Å². The molecule has 3 N–H and O–H groups in total. The average molecular weight is 197 g/mol. The molecule has 0 bridgehead atoms. The van der Waals surface area contributed by atoms with Crippen molar-refractivity contribution in [2.45, 2.75) is 26.2 Å². The molecule has 0 unspecified atom stereocenters. The Balaban J connectivity index is 1.89. The SMILES string of the molecule is Cc1c(N)nsc1NCC1CCC1. The molecule has 72 valence electrons. The van der Waals surface area contributed by atoms with Crippen molar-refractivity contribution in [3.05, 3.63) is 5.56 Å². The lowest BCUT2D eigenvalue weighted by atomic mass is 9.85. The van der Waals surface area contributed by atoms with Gasteiger partial charge in [0.1, 0.15) is 10.8 Å². The fourth-order valence-electron chi connectivity index (χ4n) is 1.45. The molecule has 1 aliphatic rings. The van der Waals surface area contributed by atoms with Gasteiger partial charge >= 0.3 is 0 Å². The number of hydrogen-bond donors (Lipinski definition) is 2. The second kappa shape index (κ2) is 3.54. The van der Waals surface area contributed by atoms with Gasteiger partial charge in [-0.05, 0) is 37.2 Å². The Hall–Kier alpha value is -0.770. The molecule has 1 fully saturated rings. The van der Waals surface area contributed by atoms with Gasteiger partial charge in [0, 0.05) is 12.1 Å². The minimum atomic E-state index is 0.668. The molecule has 0 radical (unpaired) electrons. The highest BCUT2D eigenvalue weighted by Gasteiger charge is 2.17. The maximum atomic E-state index is 5.65. The first kappa shape index (κ1) is 8.81. The van der Waals surface area contributed by atoms with Crippen LogP contribution in [0.2, 0.25) is 0 Å². The molecular weight excluding hydrogens is 182 g/mol. The molecule has 1 saturated carbocycles. The first-order chi connectivity index (χ1) is 6.27. The van der Waals surface area contributed by atoms with Crippen LogP contribution in [0.5, 0.6) is 0 Å². The van der Waals surface area contributed by atoms with Gasteiger partial charge in [-0.15, -0.1) is 0 Å². The van der Waals surface area contributed by atoms with E-state index in [1.54, 1.807) is 0 Å². The molecule has 1 aromatic rings. The van der Waals surface area contributed by atoms with Crippen LogP contribution < -0.4 is 11.1 Å². The number of hydrogen-bond acceptors (Lipinski definition) is 4. The number of nitrogen functional groups attached to an aromatic ring is 1. The predicted molar refractivity (Wildman–Crippen MR) is 57.1 cm³/mol. The second-order valence-electron chi connectivity index (χ2n) is 3.70. The van der Waals surface area contributed by atoms with Crippen LogP contribution in [0.3, 0.4) is 0 Å². The van der Waals surface area contributed by atoms with Gasteiger partial charge in [0.25, 0.3) is 0 Å². The number of nitrogens with two attached hydrogens (primary N) is 1. The first-order valence-electron chi connectivity index (χ1n) is 4.73. The Morgan fingerprint density at radius 1 is 1.62 bits per heavy atom. The summed E-state index contributed by atoms with van der Waals surface area (Å²) >= 11 is 1.47. The van der Waals surface area contributed by atoms with E-state index in [1.807, 2.05) is 6.92 Å². The van der Waals surface area contributed by atoms with Crippen molar-refractivity contribution >= 4 is 22.4 Å². The molecule has 0 saturated heterocycles. The van der Waals surface area contributed by atoms with E-state index >= 15 is 0 Å². The summed E-state index contributed by atoms with van der Waals surface area (Å²) in [5, 5.41) is 4.55. The summed E-state index contributed by atoms with van der Waals surface area (Å²) in [7, 11) is 0. The lowest BCUT2D eigenvalue weighted by molar-refractivity contribution is 0.333. The maximum absolute atomic E-state index is 5.65. The van der Waals surface area contributed by atoms with Crippen molar-refractivity contribution in [3.8, 4) is 0 Å². The fraction of sp³-hybridized carbons (Fsp3) is 0.667. The predicted octanol–water partition coefficient (Wildman–Crippen LogP) is 2.25. The summed E-state index contributed by atoms with van der Waals surface area (Å²) < 4.78 is 4.09. The molecule has 3 nitrogen and oxygen atoms in total. The van der Waals surface area contributed by atoms with Crippen LogP contribution in [0.1, 0.15) is 24.8 Å². The molecule has 0 atom stereocenters. The number of anilines is 2. The van der Waals surface area contributed by atoms with Crippen LogP contribution in [0, 0.1) is 12.8 Å². The highest BCUT2D eigenvalue weighted by atomic mass is 32.1. The highest BCUT2D eigenvalue weighted by molar-refractivity contribution is 7.10. The minimum absolute atomic E-state index is 0.668. The van der Waals surface area contributed by atoms with E-state index in [1.165, 1.54) is 30.8 Å². The topological polar surface area (TPSA) is 50.9 Å². The zero-order valence-corrected chi connectivity index (χ0v) is 8.66. The van der Waals surface area contributed by atoms with Crippen LogP contribution in [-0.2, 0) is 0 Å². The Kier molecular flexibility index (Phi) is 2.40. The number of rotatable bonds is 3. The molecular formula is C9H15N3S. The van der Waals surface area contributed by atoms with Crippen molar-refractivity contribution in [2.75, 3.05) is 17.6 Å². The third-order valence-corrected chi connectivity index (χ3v) is 3.66. The zero-order chi connectivity index (χ0) is 9.26. The van der Waals surface area contributed by atoms with Crippen LogP contribution in [0.25, 0.3) is 0 Å². The molecule has 4 heteroatoms. The molecule has 0 spiro atoms. The van der Waals surface area contributed by atoms with Gasteiger partial charge in [0.2, 0.25) is 0 Å². The molecule has 0 amide bonds. The van der Waals surface area contributed by atoms with Crippen LogP contribution >= 0.6 is 11.5 Å². The van der Waals surface area contributed by atoms with E-state index in [0.29, 0.717) is 5.82 Å². The third-order valence-electron chi connectivity index (χ3n) is 2.74. The Labute approximate surface area is 82.5 Å². The van der Waals surface area contributed by atoms with Crippen LogP contribution in [-0.4, -0.2) is 10.9 Å². The van der Waals surface area contributed by atoms with E-state index in [2.05, 4.69) is 9.69 Å². The maximum Gasteiger partial charge on any atom is 0.142 e. The average Bonchev–Trinajstić information content (AvgIpc) is 2.33. The first-order valence-corrected chi connectivity index (χ1v) is 5.50. The van der Waals surface area contributed by atoms with Gasteiger partial charge in [0.05, 0.1) is 0 Å². The number of aromatic nitrogens is 1. The molecule has 1 aromatic heterocycles. The highest BCUT2D eigenvalue weighted by Crippen LogP contribution is 2.29. The Bertz CT molecular complexity index is 291. The molecule has 1 heterocycles.